The molecule has 0 bridgehead atoms. The van der Waals surface area contributed by atoms with Crippen LogP contribution >= 0.6 is 12.2 Å². The zero-order valence-corrected chi connectivity index (χ0v) is 10.5. The Bertz CT molecular complexity index is 584. The molecule has 0 fully saturated rings. The zero-order valence-electron chi connectivity index (χ0n) is 9.65. The second kappa shape index (κ2) is 3.72. The Hall–Kier alpha value is -1.58. The van der Waals surface area contributed by atoms with Gasteiger partial charge in [-0.15, -0.1) is 0 Å². The lowest BCUT2D eigenvalue weighted by Crippen LogP contribution is -2.33. The minimum absolute atomic E-state index is 0.00560. The predicted molar refractivity (Wildman–Crippen MR) is 64.1 cm³/mol. The highest BCUT2D eigenvalue weighted by Gasteiger charge is 2.31. The molecule has 0 amide bonds. The molecule has 2 rings (SSSR count). The molecule has 0 aromatic carbocycles. The first kappa shape index (κ1) is 11.9. The van der Waals surface area contributed by atoms with Gasteiger partial charge in [-0.3, -0.25) is 0 Å². The average molecular weight is 251 g/mol. The van der Waals surface area contributed by atoms with Gasteiger partial charge < -0.3 is 15.7 Å². The third-order valence-electron chi connectivity index (χ3n) is 2.92. The number of anilines is 1. The number of hydrogen-bond acceptors (Lipinski definition) is 5. The second-order valence-corrected chi connectivity index (χ2v) is 5.06. The first-order chi connectivity index (χ1) is 7.87. The van der Waals surface area contributed by atoms with Gasteiger partial charge in [-0.25, -0.2) is 0 Å². The maximum Gasteiger partial charge on any atom is 0.159 e. The largest absolute Gasteiger partial charge is 0.426 e. The molecule has 1 aromatic heterocycles. The Kier molecular flexibility index (Phi) is 2.60. The normalized spacial score (nSPS) is 17.2. The molecule has 0 saturated carbocycles. The lowest BCUT2D eigenvalue weighted by atomic mass is 9.90. The number of nitrogen functional groups attached to an aromatic ring is 1. The van der Waals surface area contributed by atoms with Crippen molar-refractivity contribution in [3.63, 3.8) is 0 Å². The van der Waals surface area contributed by atoms with Gasteiger partial charge >= 0.3 is 0 Å². The van der Waals surface area contributed by atoms with Crippen LogP contribution in [-0.2, 0) is 17.8 Å². The Morgan fingerprint density at radius 3 is 2.76 bits per heavy atom. The summed E-state index contributed by atoms with van der Waals surface area (Å²) in [7, 11) is 0. The first-order valence-corrected chi connectivity index (χ1v) is 5.58. The fraction of sp³-hybridized carbons (Fsp3) is 0.455. The summed E-state index contributed by atoms with van der Waals surface area (Å²) in [5, 5.41) is 18.8. The van der Waals surface area contributed by atoms with Crippen LogP contribution in [0.25, 0.3) is 0 Å². The number of fused-ring (bicyclic) bond motifs is 1. The fourth-order valence-electron chi connectivity index (χ4n) is 1.99. The molecule has 0 unspecified atom stereocenters. The van der Waals surface area contributed by atoms with Gasteiger partial charge in [0.25, 0.3) is 0 Å². The third kappa shape index (κ3) is 1.77. The van der Waals surface area contributed by atoms with E-state index >= 15 is 0 Å². The topological polar surface area (TPSA) is 84.2 Å². The van der Waals surface area contributed by atoms with Gasteiger partial charge in [0, 0.05) is 12.0 Å². The van der Waals surface area contributed by atoms with Crippen LogP contribution in [0.5, 0.6) is 0 Å². The summed E-state index contributed by atoms with van der Waals surface area (Å²) in [6.07, 6.45) is 0.555. The van der Waals surface area contributed by atoms with Crippen molar-refractivity contribution in [1.29, 1.82) is 5.26 Å². The molecule has 1 aromatic rings. The summed E-state index contributed by atoms with van der Waals surface area (Å²) in [4.78, 5) is 0. The molecular formula is C11H13N3O2S. The van der Waals surface area contributed by atoms with E-state index in [0.29, 0.717) is 16.7 Å². The summed E-state index contributed by atoms with van der Waals surface area (Å²) in [6.45, 7) is 4.17. The Morgan fingerprint density at radius 1 is 1.53 bits per heavy atom. The monoisotopic (exact) mass is 251 g/mol. The van der Waals surface area contributed by atoms with Gasteiger partial charge in [0.15, 0.2) is 10.5 Å². The van der Waals surface area contributed by atoms with Crippen molar-refractivity contribution >= 4 is 18.0 Å². The highest BCUT2D eigenvalue weighted by Crippen LogP contribution is 2.32. The number of pyridine rings is 1. The molecule has 5 nitrogen and oxygen atoms in total. The van der Waals surface area contributed by atoms with E-state index in [1.54, 1.807) is 0 Å². The van der Waals surface area contributed by atoms with Crippen LogP contribution < -0.4 is 5.73 Å². The van der Waals surface area contributed by atoms with E-state index in [1.807, 2.05) is 19.9 Å². The number of rotatable bonds is 0. The molecule has 6 heteroatoms. The molecule has 0 spiro atoms. The maximum absolute atomic E-state index is 9.69. The van der Waals surface area contributed by atoms with Crippen LogP contribution in [0.1, 0.15) is 30.5 Å². The van der Waals surface area contributed by atoms with Gasteiger partial charge in [-0.2, -0.15) is 9.99 Å². The molecule has 0 saturated heterocycles. The van der Waals surface area contributed by atoms with E-state index in [4.69, 9.17) is 28.0 Å². The average Bonchev–Trinajstić information content (AvgIpc) is 2.26. The second-order valence-electron chi connectivity index (χ2n) is 4.67. The molecule has 17 heavy (non-hydrogen) atoms. The summed E-state index contributed by atoms with van der Waals surface area (Å²) < 4.78 is 6.52. The van der Waals surface area contributed by atoms with Gasteiger partial charge in [-0.1, -0.05) is 12.2 Å². The third-order valence-corrected chi connectivity index (χ3v) is 3.34. The molecular weight excluding hydrogens is 238 g/mol. The number of aromatic nitrogens is 1. The van der Waals surface area contributed by atoms with Gasteiger partial charge in [-0.05, 0) is 19.4 Å². The van der Waals surface area contributed by atoms with E-state index < -0.39 is 0 Å². The van der Waals surface area contributed by atoms with Gasteiger partial charge in [0.1, 0.15) is 6.07 Å². The van der Waals surface area contributed by atoms with Crippen molar-refractivity contribution in [3.8, 4) is 6.07 Å². The van der Waals surface area contributed by atoms with E-state index in [-0.39, 0.29) is 28.2 Å². The summed E-state index contributed by atoms with van der Waals surface area (Å²) in [6, 6.07) is 2.02. The van der Waals surface area contributed by atoms with Crippen molar-refractivity contribution in [2.45, 2.75) is 32.5 Å². The molecule has 2 heterocycles. The molecule has 0 radical (unpaired) electrons. The van der Waals surface area contributed by atoms with Gasteiger partial charge in [0.05, 0.1) is 17.8 Å². The van der Waals surface area contributed by atoms with Crippen molar-refractivity contribution < 1.29 is 9.94 Å². The number of nitrogens with zero attached hydrogens (tertiary/aromatic N) is 2. The smallest absolute Gasteiger partial charge is 0.159 e. The van der Waals surface area contributed by atoms with E-state index in [2.05, 4.69) is 0 Å². The molecule has 0 atom stereocenters. The summed E-state index contributed by atoms with van der Waals surface area (Å²) >= 11 is 5.09. The van der Waals surface area contributed by atoms with Crippen molar-refractivity contribution in [1.82, 2.24) is 4.73 Å². The Morgan fingerprint density at radius 2 is 2.18 bits per heavy atom. The minimum atomic E-state index is -0.353. The Labute approximate surface area is 104 Å². The molecule has 0 aliphatic carbocycles. The van der Waals surface area contributed by atoms with Gasteiger partial charge in [0.2, 0.25) is 0 Å². The number of nitriles is 1. The maximum atomic E-state index is 9.69. The van der Waals surface area contributed by atoms with Crippen molar-refractivity contribution in [2.24, 2.45) is 0 Å². The lowest BCUT2D eigenvalue weighted by Gasteiger charge is -2.32. The van der Waals surface area contributed by atoms with E-state index in [9.17, 15) is 5.21 Å². The first-order valence-electron chi connectivity index (χ1n) is 5.17. The molecule has 1 aliphatic heterocycles. The molecule has 90 valence electrons. The SMILES string of the molecule is CC1(C)Cc2c(C#N)c(N)n(O)c(=S)c2CO1. The van der Waals surface area contributed by atoms with E-state index in [1.165, 1.54) is 0 Å². The number of nitrogens with two attached hydrogens (primary N) is 1. The minimum Gasteiger partial charge on any atom is -0.426 e. The van der Waals surface area contributed by atoms with E-state index in [0.717, 1.165) is 5.56 Å². The number of ether oxygens (including phenoxy) is 1. The van der Waals surface area contributed by atoms with Crippen LogP contribution in [-0.4, -0.2) is 15.5 Å². The zero-order chi connectivity index (χ0) is 12.8. The predicted octanol–water partition coefficient (Wildman–Crippen LogP) is 1.76. The number of hydrogen-bond donors (Lipinski definition) is 2. The van der Waals surface area contributed by atoms with Crippen molar-refractivity contribution in [2.75, 3.05) is 5.73 Å². The fourth-order valence-corrected chi connectivity index (χ4v) is 2.27. The van der Waals surface area contributed by atoms with Crippen LogP contribution in [0.2, 0.25) is 0 Å². The van der Waals surface area contributed by atoms with Crippen LogP contribution in [0.4, 0.5) is 5.82 Å². The highest BCUT2D eigenvalue weighted by molar-refractivity contribution is 7.71. The summed E-state index contributed by atoms with van der Waals surface area (Å²) in [5.74, 6) is -0.00560. The van der Waals surface area contributed by atoms with Crippen LogP contribution in [0, 0.1) is 16.0 Å². The lowest BCUT2D eigenvalue weighted by molar-refractivity contribution is -0.0413. The molecule has 1 aliphatic rings. The molecule has 3 N–H and O–H groups in total. The Balaban J connectivity index is 2.77. The van der Waals surface area contributed by atoms with Crippen LogP contribution in [0.15, 0.2) is 0 Å². The quantitative estimate of drug-likeness (QED) is 0.542. The van der Waals surface area contributed by atoms with Crippen molar-refractivity contribution in [3.05, 3.63) is 21.3 Å². The summed E-state index contributed by atoms with van der Waals surface area (Å²) in [5.41, 5.74) is 7.08. The highest BCUT2D eigenvalue weighted by atomic mass is 32.1. The van der Waals surface area contributed by atoms with Crippen LogP contribution in [0.3, 0.4) is 0 Å². The standard InChI is InChI=1S/C11H13N3O2S/c1-11(2)3-6-7(4-12)9(13)14(15)10(17)8(6)5-16-11/h15H,3,5,13H2,1-2H3.